The third-order valence-corrected chi connectivity index (χ3v) is 9.95. The first kappa shape index (κ1) is 30.6. The number of rotatable bonds is 6. The number of para-hydroxylation sites is 1. The summed E-state index contributed by atoms with van der Waals surface area (Å²) in [5, 5.41) is 4.67. The summed E-state index contributed by atoms with van der Waals surface area (Å²) in [6.45, 7) is 0. The molecule has 0 fully saturated rings. The van der Waals surface area contributed by atoms with Gasteiger partial charge in [-0.1, -0.05) is 158 Å². The van der Waals surface area contributed by atoms with Gasteiger partial charge in [-0.15, -0.1) is 0 Å². The Balaban J connectivity index is 0.987. The van der Waals surface area contributed by atoms with Crippen molar-refractivity contribution in [3.63, 3.8) is 0 Å². The minimum atomic E-state index is 0.635. The zero-order valence-corrected chi connectivity index (χ0v) is 28.6. The van der Waals surface area contributed by atoms with Crippen molar-refractivity contribution in [1.29, 1.82) is 0 Å². The van der Waals surface area contributed by atoms with Crippen molar-refractivity contribution in [2.75, 3.05) is 0 Å². The molecular weight excluding hydrogens is 647 g/mol. The van der Waals surface area contributed by atoms with Gasteiger partial charge in [-0.3, -0.25) is 0 Å². The number of furan rings is 1. The third kappa shape index (κ3) is 5.73. The van der Waals surface area contributed by atoms with Crippen molar-refractivity contribution in [3.8, 4) is 67.5 Å². The average Bonchev–Trinajstić information content (AvgIpc) is 3.62. The molecule has 248 valence electrons. The number of hydrogen-bond acceptors (Lipinski definition) is 4. The van der Waals surface area contributed by atoms with Crippen LogP contribution in [0.2, 0.25) is 0 Å². The van der Waals surface area contributed by atoms with Crippen molar-refractivity contribution in [1.82, 2.24) is 15.0 Å². The topological polar surface area (TPSA) is 51.8 Å². The van der Waals surface area contributed by atoms with E-state index in [1.54, 1.807) is 0 Å². The Labute approximate surface area is 306 Å². The van der Waals surface area contributed by atoms with Gasteiger partial charge in [-0.25, -0.2) is 15.0 Å². The first-order chi connectivity index (χ1) is 26.2. The van der Waals surface area contributed by atoms with Crippen LogP contribution in [0, 0.1) is 0 Å². The van der Waals surface area contributed by atoms with E-state index >= 15 is 0 Å². The molecule has 0 saturated heterocycles. The Morgan fingerprint density at radius 2 is 0.755 bits per heavy atom. The minimum absolute atomic E-state index is 0.635. The predicted octanol–water partition coefficient (Wildman–Crippen LogP) is 12.9. The lowest BCUT2D eigenvalue weighted by atomic mass is 9.96. The van der Waals surface area contributed by atoms with Crippen LogP contribution in [0.5, 0.6) is 0 Å². The van der Waals surface area contributed by atoms with E-state index < -0.39 is 0 Å². The predicted molar refractivity (Wildman–Crippen MR) is 217 cm³/mol. The van der Waals surface area contributed by atoms with Crippen LogP contribution in [0.25, 0.3) is 100 Å². The molecule has 0 aliphatic carbocycles. The van der Waals surface area contributed by atoms with Gasteiger partial charge in [0.05, 0.1) is 0 Å². The highest BCUT2D eigenvalue weighted by molar-refractivity contribution is 6.06. The van der Waals surface area contributed by atoms with Gasteiger partial charge >= 0.3 is 0 Å². The summed E-state index contributed by atoms with van der Waals surface area (Å²) < 4.78 is 6.06. The largest absolute Gasteiger partial charge is 0.456 e. The van der Waals surface area contributed by atoms with E-state index in [1.807, 2.05) is 54.6 Å². The monoisotopic (exact) mass is 677 g/mol. The summed E-state index contributed by atoms with van der Waals surface area (Å²) >= 11 is 0. The molecule has 53 heavy (non-hydrogen) atoms. The van der Waals surface area contributed by atoms with Gasteiger partial charge in [0.2, 0.25) is 0 Å². The lowest BCUT2D eigenvalue weighted by Gasteiger charge is -2.12. The molecular formula is C49H31N3O. The Morgan fingerprint density at radius 1 is 0.283 bits per heavy atom. The molecule has 0 spiro atoms. The molecule has 0 unspecified atom stereocenters. The molecule has 0 bridgehead atoms. The Bertz CT molecular complexity index is 2930. The first-order valence-electron chi connectivity index (χ1n) is 17.8. The number of nitrogens with zero attached hydrogens (tertiary/aromatic N) is 3. The smallest absolute Gasteiger partial charge is 0.164 e. The average molecular weight is 678 g/mol. The van der Waals surface area contributed by atoms with Crippen LogP contribution in [-0.2, 0) is 0 Å². The van der Waals surface area contributed by atoms with Crippen molar-refractivity contribution in [2.24, 2.45) is 0 Å². The van der Waals surface area contributed by atoms with Crippen molar-refractivity contribution < 1.29 is 4.42 Å². The quantitative estimate of drug-likeness (QED) is 0.176. The van der Waals surface area contributed by atoms with E-state index in [2.05, 4.69) is 133 Å². The van der Waals surface area contributed by atoms with Gasteiger partial charge in [-0.2, -0.15) is 0 Å². The molecule has 2 heterocycles. The normalized spacial score (nSPS) is 11.4. The Morgan fingerprint density at radius 3 is 1.47 bits per heavy atom. The molecule has 0 aliphatic rings. The maximum atomic E-state index is 6.06. The van der Waals surface area contributed by atoms with Crippen LogP contribution in [0.1, 0.15) is 0 Å². The molecule has 4 heteroatoms. The standard InChI is InChI=1S/C49H31N3O/c1-3-11-33(12-4-1)41-15-7-8-17-43(41)49-51-47(34-13-5-2-6-14-34)50-48(52-49)35-21-19-32(20-22-35)36-23-24-38-30-39(26-25-37(38)29-36)40-27-28-46-44(31-40)42-16-9-10-18-45(42)53-46/h1-31H. The van der Waals surface area contributed by atoms with Crippen molar-refractivity contribution in [2.45, 2.75) is 0 Å². The van der Waals surface area contributed by atoms with E-state index in [0.717, 1.165) is 60.9 Å². The van der Waals surface area contributed by atoms with Gasteiger partial charge in [-0.05, 0) is 74.5 Å². The SMILES string of the molecule is c1ccc(-c2nc(-c3ccc(-c4ccc5cc(-c6ccc7oc8ccccc8c7c6)ccc5c4)cc3)nc(-c3ccccc3-c3ccccc3)n2)cc1. The molecule has 10 aromatic rings. The number of benzene rings is 8. The molecule has 8 aromatic carbocycles. The van der Waals surface area contributed by atoms with E-state index in [0.29, 0.717) is 17.5 Å². The summed E-state index contributed by atoms with van der Waals surface area (Å²) in [5.41, 5.74) is 11.5. The number of aromatic nitrogens is 3. The molecule has 2 aromatic heterocycles. The van der Waals surface area contributed by atoms with Gasteiger partial charge in [0.1, 0.15) is 11.2 Å². The molecule has 0 radical (unpaired) electrons. The summed E-state index contributed by atoms with van der Waals surface area (Å²) in [6, 6.07) is 65.3. The Hall–Kier alpha value is -7.17. The fourth-order valence-corrected chi connectivity index (χ4v) is 7.21. The minimum Gasteiger partial charge on any atom is -0.456 e. The van der Waals surface area contributed by atoms with Crippen LogP contribution in [0.15, 0.2) is 192 Å². The zero-order chi connectivity index (χ0) is 35.1. The highest BCUT2D eigenvalue weighted by Crippen LogP contribution is 2.36. The van der Waals surface area contributed by atoms with Gasteiger partial charge in [0.15, 0.2) is 17.5 Å². The molecule has 0 N–H and O–H groups in total. The molecule has 0 atom stereocenters. The molecule has 0 amide bonds. The maximum absolute atomic E-state index is 6.06. The fourth-order valence-electron chi connectivity index (χ4n) is 7.21. The number of hydrogen-bond donors (Lipinski definition) is 0. The summed E-state index contributed by atoms with van der Waals surface area (Å²) in [5.74, 6) is 1.92. The van der Waals surface area contributed by atoms with E-state index in [-0.39, 0.29) is 0 Å². The Kier molecular flexibility index (Phi) is 7.43. The van der Waals surface area contributed by atoms with Crippen LogP contribution in [0.4, 0.5) is 0 Å². The van der Waals surface area contributed by atoms with E-state index in [4.69, 9.17) is 19.4 Å². The summed E-state index contributed by atoms with van der Waals surface area (Å²) in [7, 11) is 0. The van der Waals surface area contributed by atoms with Gasteiger partial charge < -0.3 is 4.42 Å². The number of fused-ring (bicyclic) bond motifs is 4. The lowest BCUT2D eigenvalue weighted by molar-refractivity contribution is 0.669. The van der Waals surface area contributed by atoms with Crippen LogP contribution < -0.4 is 0 Å². The van der Waals surface area contributed by atoms with Crippen LogP contribution in [-0.4, -0.2) is 15.0 Å². The molecule has 0 saturated carbocycles. The van der Waals surface area contributed by atoms with Crippen LogP contribution >= 0.6 is 0 Å². The van der Waals surface area contributed by atoms with Gasteiger partial charge in [0.25, 0.3) is 0 Å². The van der Waals surface area contributed by atoms with Crippen LogP contribution in [0.3, 0.4) is 0 Å². The fraction of sp³-hybridized carbons (Fsp3) is 0. The second-order valence-electron chi connectivity index (χ2n) is 13.2. The highest BCUT2D eigenvalue weighted by atomic mass is 16.3. The highest BCUT2D eigenvalue weighted by Gasteiger charge is 2.16. The molecule has 0 aliphatic heterocycles. The van der Waals surface area contributed by atoms with Gasteiger partial charge in [0, 0.05) is 27.5 Å². The van der Waals surface area contributed by atoms with E-state index in [9.17, 15) is 0 Å². The maximum Gasteiger partial charge on any atom is 0.164 e. The van der Waals surface area contributed by atoms with Crippen molar-refractivity contribution >= 4 is 32.7 Å². The third-order valence-electron chi connectivity index (χ3n) is 9.95. The zero-order valence-electron chi connectivity index (χ0n) is 28.6. The van der Waals surface area contributed by atoms with Crippen molar-refractivity contribution in [3.05, 3.63) is 188 Å². The molecule has 10 rings (SSSR count). The summed E-state index contributed by atoms with van der Waals surface area (Å²) in [6.07, 6.45) is 0. The second kappa shape index (κ2) is 12.9. The summed E-state index contributed by atoms with van der Waals surface area (Å²) in [4.78, 5) is 15.0. The lowest BCUT2D eigenvalue weighted by Crippen LogP contribution is -2.01. The first-order valence-corrected chi connectivity index (χ1v) is 17.8. The van der Waals surface area contributed by atoms with E-state index in [1.165, 1.54) is 21.9 Å². The molecule has 4 nitrogen and oxygen atoms in total. The second-order valence-corrected chi connectivity index (χ2v) is 13.2.